The van der Waals surface area contributed by atoms with E-state index in [0.717, 1.165) is 41.1 Å². The van der Waals surface area contributed by atoms with E-state index in [9.17, 15) is 4.79 Å². The van der Waals surface area contributed by atoms with Crippen molar-refractivity contribution in [1.29, 1.82) is 0 Å². The number of rotatable bonds is 4. The van der Waals surface area contributed by atoms with Gasteiger partial charge in [-0.15, -0.1) is 10.2 Å². The first-order valence-electron chi connectivity index (χ1n) is 11.3. The first-order chi connectivity index (χ1) is 16.4. The van der Waals surface area contributed by atoms with Crippen LogP contribution in [0.1, 0.15) is 62.6 Å². The molecule has 2 unspecified atom stereocenters. The maximum absolute atomic E-state index is 12.8. The lowest BCUT2D eigenvalue weighted by Crippen LogP contribution is -2.35. The molecule has 9 heteroatoms. The van der Waals surface area contributed by atoms with Crippen molar-refractivity contribution in [3.63, 3.8) is 0 Å². The molecule has 5 rings (SSSR count). The van der Waals surface area contributed by atoms with Gasteiger partial charge < -0.3 is 10.1 Å². The van der Waals surface area contributed by atoms with Crippen molar-refractivity contribution in [2.45, 2.75) is 51.2 Å². The molecule has 9 nitrogen and oxygen atoms in total. The lowest BCUT2D eigenvalue weighted by Gasteiger charge is -2.32. The van der Waals surface area contributed by atoms with Crippen molar-refractivity contribution in [1.82, 2.24) is 29.9 Å². The second-order valence-corrected chi connectivity index (χ2v) is 9.46. The molecule has 2 atom stereocenters. The second-order valence-electron chi connectivity index (χ2n) is 9.46. The quantitative estimate of drug-likeness (QED) is 0.464. The van der Waals surface area contributed by atoms with E-state index in [1.54, 1.807) is 6.33 Å². The van der Waals surface area contributed by atoms with Gasteiger partial charge in [-0.1, -0.05) is 45.0 Å². The third kappa shape index (κ3) is 4.54. The number of nitrogens with one attached hydrogen (secondary N) is 2. The molecule has 3 aromatic heterocycles. The molecule has 1 aromatic carbocycles. The van der Waals surface area contributed by atoms with Gasteiger partial charge in [0.2, 0.25) is 0 Å². The second kappa shape index (κ2) is 8.74. The maximum Gasteiger partial charge on any atom is 0.320 e. The predicted molar refractivity (Wildman–Crippen MR) is 128 cm³/mol. The maximum atomic E-state index is 12.8. The van der Waals surface area contributed by atoms with E-state index in [2.05, 4.69) is 57.6 Å². The highest BCUT2D eigenvalue weighted by atomic mass is 16.5. The molecule has 0 saturated carbocycles. The fraction of sp³-hybridized carbons (Fsp3) is 0.320. The normalized spacial score (nSPS) is 17.7. The minimum atomic E-state index is -0.296. The van der Waals surface area contributed by atoms with Gasteiger partial charge in [-0.25, -0.2) is 14.8 Å². The molecule has 0 fully saturated rings. The van der Waals surface area contributed by atoms with E-state index < -0.39 is 0 Å². The Morgan fingerprint density at radius 2 is 1.91 bits per heavy atom. The summed E-state index contributed by atoms with van der Waals surface area (Å²) in [4.78, 5) is 21.3. The smallest absolute Gasteiger partial charge is 0.320 e. The van der Waals surface area contributed by atoms with Crippen LogP contribution < -0.4 is 15.4 Å². The topological polar surface area (TPSA) is 106 Å². The summed E-state index contributed by atoms with van der Waals surface area (Å²) >= 11 is 0. The number of urea groups is 1. The van der Waals surface area contributed by atoms with Gasteiger partial charge in [0.1, 0.15) is 30.3 Å². The largest absolute Gasteiger partial charge is 0.484 e. The summed E-state index contributed by atoms with van der Waals surface area (Å²) < 4.78 is 8.16. The van der Waals surface area contributed by atoms with Crippen LogP contribution in [0.5, 0.6) is 5.75 Å². The monoisotopic (exact) mass is 457 g/mol. The van der Waals surface area contributed by atoms with Crippen LogP contribution in [-0.4, -0.2) is 30.6 Å². The van der Waals surface area contributed by atoms with Crippen molar-refractivity contribution in [3.8, 4) is 5.75 Å². The Morgan fingerprint density at radius 1 is 1.09 bits per heavy atom. The molecule has 4 aromatic rings. The van der Waals surface area contributed by atoms with Crippen molar-refractivity contribution in [3.05, 3.63) is 78.1 Å². The van der Waals surface area contributed by atoms with Crippen molar-refractivity contribution in [2.24, 2.45) is 0 Å². The van der Waals surface area contributed by atoms with Crippen LogP contribution in [0.25, 0.3) is 5.65 Å². The lowest BCUT2D eigenvalue weighted by atomic mass is 9.85. The Hall–Kier alpha value is -4.01. The minimum absolute atomic E-state index is 0.109. The van der Waals surface area contributed by atoms with Crippen LogP contribution in [0.4, 0.5) is 10.6 Å². The number of pyridine rings is 1. The third-order valence-electron chi connectivity index (χ3n) is 5.96. The fourth-order valence-electron chi connectivity index (χ4n) is 4.21. The number of anilines is 1. The molecule has 2 amide bonds. The van der Waals surface area contributed by atoms with Crippen molar-refractivity contribution >= 4 is 17.5 Å². The summed E-state index contributed by atoms with van der Waals surface area (Å²) in [6.45, 7) is 6.21. The zero-order chi connectivity index (χ0) is 23.7. The molecule has 2 N–H and O–H groups in total. The van der Waals surface area contributed by atoms with Gasteiger partial charge in [0.05, 0.1) is 17.9 Å². The minimum Gasteiger partial charge on any atom is -0.484 e. The van der Waals surface area contributed by atoms with E-state index in [4.69, 9.17) is 4.74 Å². The van der Waals surface area contributed by atoms with E-state index in [0.29, 0.717) is 5.82 Å². The average molecular weight is 458 g/mol. The highest BCUT2D eigenvalue weighted by Crippen LogP contribution is 2.38. The Labute approximate surface area is 197 Å². The molecule has 0 radical (unpaired) electrons. The number of nitrogens with zero attached hydrogens (tertiary/aromatic N) is 5. The molecule has 3 heterocycles. The molecule has 0 saturated heterocycles. The lowest BCUT2D eigenvalue weighted by molar-refractivity contribution is 0.171. The third-order valence-corrected chi connectivity index (χ3v) is 5.96. The predicted octanol–water partition coefficient (Wildman–Crippen LogP) is 4.59. The first kappa shape index (κ1) is 21.8. The van der Waals surface area contributed by atoms with E-state index in [1.807, 2.05) is 47.0 Å². The van der Waals surface area contributed by atoms with Gasteiger partial charge in [0, 0.05) is 11.5 Å². The van der Waals surface area contributed by atoms with E-state index in [-0.39, 0.29) is 23.6 Å². The number of amides is 2. The molecule has 0 spiro atoms. The summed E-state index contributed by atoms with van der Waals surface area (Å²) in [6, 6.07) is 13.3. The number of hydrogen-bond acceptors (Lipinski definition) is 6. The molecule has 174 valence electrons. The van der Waals surface area contributed by atoms with Crippen LogP contribution in [-0.2, 0) is 5.41 Å². The Balaban J connectivity index is 1.30. The van der Waals surface area contributed by atoms with Crippen LogP contribution in [0.3, 0.4) is 0 Å². The zero-order valence-electron chi connectivity index (χ0n) is 19.4. The number of aromatic nitrogens is 5. The summed E-state index contributed by atoms with van der Waals surface area (Å²) in [7, 11) is 0. The number of benzene rings is 1. The highest BCUT2D eigenvalue weighted by molar-refractivity contribution is 5.88. The summed E-state index contributed by atoms with van der Waals surface area (Å²) in [5.41, 5.74) is 3.62. The van der Waals surface area contributed by atoms with Crippen LogP contribution >= 0.6 is 0 Å². The fourth-order valence-corrected chi connectivity index (χ4v) is 4.21. The van der Waals surface area contributed by atoms with Crippen LogP contribution in [0.15, 0.2) is 61.3 Å². The summed E-state index contributed by atoms with van der Waals surface area (Å²) in [5, 5.41) is 13.9. The van der Waals surface area contributed by atoms with Gasteiger partial charge in [-0.05, 0) is 36.1 Å². The van der Waals surface area contributed by atoms with E-state index in [1.165, 1.54) is 6.33 Å². The molecule has 1 aliphatic carbocycles. The summed E-state index contributed by atoms with van der Waals surface area (Å²) in [5.74, 6) is 1.22. The van der Waals surface area contributed by atoms with Gasteiger partial charge in [-0.2, -0.15) is 0 Å². The number of carbonyl (C=O) groups excluding carboxylic acids is 1. The molecule has 34 heavy (non-hydrogen) atoms. The SMILES string of the molecule is CC(C)(C)c1cc(NC(=O)NC2CCC(Oc3ccc4nncn4c3)c3ccccc32)ncn1. The number of ether oxygens (including phenoxy) is 1. The number of hydrogen-bond donors (Lipinski definition) is 2. The van der Waals surface area contributed by atoms with E-state index >= 15 is 0 Å². The Kier molecular flexibility index (Phi) is 5.61. The Morgan fingerprint density at radius 3 is 2.74 bits per heavy atom. The average Bonchev–Trinajstić information content (AvgIpc) is 3.28. The van der Waals surface area contributed by atoms with Crippen molar-refractivity contribution in [2.75, 3.05) is 5.32 Å². The zero-order valence-corrected chi connectivity index (χ0v) is 19.4. The molecule has 0 aliphatic heterocycles. The molecule has 1 aliphatic rings. The molecular weight excluding hydrogens is 430 g/mol. The van der Waals surface area contributed by atoms with Gasteiger partial charge >= 0.3 is 6.03 Å². The highest BCUT2D eigenvalue weighted by Gasteiger charge is 2.29. The Bertz CT molecular complexity index is 1330. The summed E-state index contributed by atoms with van der Waals surface area (Å²) in [6.07, 6.45) is 6.42. The van der Waals surface area contributed by atoms with Crippen molar-refractivity contribution < 1.29 is 9.53 Å². The first-order valence-corrected chi connectivity index (χ1v) is 11.3. The number of fused-ring (bicyclic) bond motifs is 2. The standard InChI is InChI=1S/C25H27N7O2/c1-25(2,3)21-12-22(27-14-26-21)30-24(33)29-19-9-10-20(18-7-5-4-6-17(18)19)34-16-8-11-23-31-28-15-32(23)13-16/h4-8,11-15,19-20H,9-10H2,1-3H3,(H2,26,27,29,30,33). The van der Waals surface area contributed by atoms with Gasteiger partial charge in [0.15, 0.2) is 5.65 Å². The number of carbonyl (C=O) groups is 1. The molecular formula is C25H27N7O2. The van der Waals surface area contributed by atoms with Crippen LogP contribution in [0, 0.1) is 0 Å². The van der Waals surface area contributed by atoms with Crippen LogP contribution in [0.2, 0.25) is 0 Å². The van der Waals surface area contributed by atoms with Gasteiger partial charge in [0.25, 0.3) is 0 Å². The molecule has 0 bridgehead atoms. The van der Waals surface area contributed by atoms with Gasteiger partial charge in [-0.3, -0.25) is 9.72 Å².